The molecule has 0 aliphatic carbocycles. The van der Waals surface area contributed by atoms with E-state index in [0.717, 1.165) is 56.2 Å². The molecule has 0 bridgehead atoms. The van der Waals surface area contributed by atoms with E-state index in [1.165, 1.54) is 0 Å². The minimum absolute atomic E-state index is 0.0797. The van der Waals surface area contributed by atoms with Crippen molar-refractivity contribution < 1.29 is 9.05 Å². The highest BCUT2D eigenvalue weighted by Crippen LogP contribution is 2.38. The first kappa shape index (κ1) is 16.4. The van der Waals surface area contributed by atoms with Gasteiger partial charge in [-0.1, -0.05) is 10.3 Å². The highest BCUT2D eigenvalue weighted by atomic mass is 16.5. The molecule has 0 fully saturated rings. The molecule has 3 heterocycles. The average Bonchev–Trinajstić information content (AvgIpc) is 3.19. The third-order valence-corrected chi connectivity index (χ3v) is 4.99. The van der Waals surface area contributed by atoms with E-state index in [1.54, 1.807) is 23.2 Å². The molecule has 0 aliphatic rings. The largest absolute Gasteiger partial charge is 0.361 e. The predicted molar refractivity (Wildman–Crippen MR) is 98.1 cm³/mol. The maximum atomic E-state index is 12.6. The number of hydrogen-bond donors (Lipinski definition) is 0. The van der Waals surface area contributed by atoms with Crippen LogP contribution in [0.5, 0.6) is 0 Å². The van der Waals surface area contributed by atoms with E-state index in [9.17, 15) is 4.79 Å². The molecule has 4 rings (SSSR count). The predicted octanol–water partition coefficient (Wildman–Crippen LogP) is 3.42. The summed E-state index contributed by atoms with van der Waals surface area (Å²) in [6, 6.07) is 4.06. The third kappa shape index (κ3) is 2.09. The second kappa shape index (κ2) is 5.45. The SMILES string of the molecule is Cc1noc(C)c1-c1cc(-c2c(C)noc2C)c2c(c1)n(C)c(=O)n2C. The van der Waals surface area contributed by atoms with Gasteiger partial charge in [0.15, 0.2) is 0 Å². The Hall–Kier alpha value is -3.09. The summed E-state index contributed by atoms with van der Waals surface area (Å²) in [6.45, 7) is 7.58. The highest BCUT2D eigenvalue weighted by Gasteiger charge is 2.22. The van der Waals surface area contributed by atoms with Crippen LogP contribution in [0.4, 0.5) is 0 Å². The summed E-state index contributed by atoms with van der Waals surface area (Å²) in [5.41, 5.74) is 6.92. The molecule has 0 aliphatic heterocycles. The molecule has 0 saturated heterocycles. The number of benzene rings is 1. The Morgan fingerprint density at radius 3 is 1.96 bits per heavy atom. The van der Waals surface area contributed by atoms with Crippen LogP contribution in [0.3, 0.4) is 0 Å². The van der Waals surface area contributed by atoms with E-state index < -0.39 is 0 Å². The molecule has 0 unspecified atom stereocenters. The minimum atomic E-state index is -0.0797. The lowest BCUT2D eigenvalue weighted by atomic mass is 9.95. The van der Waals surface area contributed by atoms with Gasteiger partial charge in [-0.05, 0) is 45.4 Å². The zero-order valence-corrected chi connectivity index (χ0v) is 15.7. The van der Waals surface area contributed by atoms with Crippen molar-refractivity contribution in [3.8, 4) is 22.3 Å². The lowest BCUT2D eigenvalue weighted by Crippen LogP contribution is -2.19. The van der Waals surface area contributed by atoms with Crippen molar-refractivity contribution in [3.05, 3.63) is 45.5 Å². The van der Waals surface area contributed by atoms with Crippen molar-refractivity contribution in [2.45, 2.75) is 27.7 Å². The van der Waals surface area contributed by atoms with E-state index in [4.69, 9.17) is 9.05 Å². The smallest absolute Gasteiger partial charge is 0.328 e. The topological polar surface area (TPSA) is 79.0 Å². The molecule has 0 spiro atoms. The molecular weight excluding hydrogens is 332 g/mol. The van der Waals surface area contributed by atoms with Crippen molar-refractivity contribution in [1.82, 2.24) is 19.4 Å². The zero-order chi connectivity index (χ0) is 18.7. The number of nitrogens with zero attached hydrogens (tertiary/aromatic N) is 4. The molecule has 0 atom stereocenters. The molecule has 1 aromatic carbocycles. The number of aromatic nitrogens is 4. The van der Waals surface area contributed by atoms with Crippen molar-refractivity contribution in [1.29, 1.82) is 0 Å². The summed E-state index contributed by atoms with van der Waals surface area (Å²) in [5.74, 6) is 1.46. The van der Waals surface area contributed by atoms with Crippen LogP contribution >= 0.6 is 0 Å². The summed E-state index contributed by atoms with van der Waals surface area (Å²) in [7, 11) is 3.56. The normalized spacial score (nSPS) is 11.6. The Morgan fingerprint density at radius 2 is 1.42 bits per heavy atom. The molecule has 0 amide bonds. The van der Waals surface area contributed by atoms with E-state index in [1.807, 2.05) is 33.8 Å². The zero-order valence-electron chi connectivity index (χ0n) is 15.7. The number of aryl methyl sites for hydroxylation is 6. The van der Waals surface area contributed by atoms with Crippen LogP contribution in [-0.4, -0.2) is 19.4 Å². The summed E-state index contributed by atoms with van der Waals surface area (Å²) in [5, 5.41) is 8.15. The number of rotatable bonds is 2. The molecule has 3 aromatic heterocycles. The van der Waals surface area contributed by atoms with Crippen molar-refractivity contribution in [3.63, 3.8) is 0 Å². The van der Waals surface area contributed by atoms with Crippen molar-refractivity contribution in [2.24, 2.45) is 14.1 Å². The van der Waals surface area contributed by atoms with Gasteiger partial charge in [0.2, 0.25) is 0 Å². The second-order valence-electron chi connectivity index (χ2n) is 6.69. The first-order valence-electron chi connectivity index (χ1n) is 8.37. The Labute approximate surface area is 149 Å². The maximum absolute atomic E-state index is 12.6. The minimum Gasteiger partial charge on any atom is -0.361 e. The highest BCUT2D eigenvalue weighted by molar-refractivity contribution is 5.97. The average molecular weight is 352 g/mol. The first-order valence-corrected chi connectivity index (χ1v) is 8.37. The van der Waals surface area contributed by atoms with Crippen LogP contribution in [0, 0.1) is 27.7 Å². The fourth-order valence-corrected chi connectivity index (χ4v) is 3.75. The fraction of sp³-hybridized carbons (Fsp3) is 0.316. The fourth-order valence-electron chi connectivity index (χ4n) is 3.75. The second-order valence-corrected chi connectivity index (χ2v) is 6.69. The van der Waals surface area contributed by atoms with Gasteiger partial charge in [-0.15, -0.1) is 0 Å². The van der Waals surface area contributed by atoms with Crippen LogP contribution in [0.1, 0.15) is 22.9 Å². The van der Waals surface area contributed by atoms with Gasteiger partial charge in [0.1, 0.15) is 11.5 Å². The van der Waals surface area contributed by atoms with Crippen LogP contribution < -0.4 is 5.69 Å². The lowest BCUT2D eigenvalue weighted by molar-refractivity contribution is 0.393. The van der Waals surface area contributed by atoms with Crippen LogP contribution in [0.15, 0.2) is 26.0 Å². The number of imidazole rings is 1. The standard InChI is InChI=1S/C19H20N4O3/c1-9-16(11(3)25-20-9)13-7-14(17-10(2)21-26-12(17)4)18-15(8-13)22(5)19(24)23(18)6/h7-8H,1-6H3. The van der Waals surface area contributed by atoms with E-state index in [2.05, 4.69) is 16.4 Å². The van der Waals surface area contributed by atoms with E-state index >= 15 is 0 Å². The van der Waals surface area contributed by atoms with Gasteiger partial charge in [0.05, 0.1) is 22.4 Å². The lowest BCUT2D eigenvalue weighted by Gasteiger charge is -2.09. The molecule has 7 nitrogen and oxygen atoms in total. The van der Waals surface area contributed by atoms with Crippen molar-refractivity contribution in [2.75, 3.05) is 0 Å². The van der Waals surface area contributed by atoms with E-state index in [0.29, 0.717) is 0 Å². The summed E-state index contributed by atoms with van der Waals surface area (Å²) in [4.78, 5) is 12.6. The van der Waals surface area contributed by atoms with Gasteiger partial charge in [0, 0.05) is 30.8 Å². The van der Waals surface area contributed by atoms with Gasteiger partial charge >= 0.3 is 5.69 Å². The van der Waals surface area contributed by atoms with Gasteiger partial charge < -0.3 is 9.05 Å². The Kier molecular flexibility index (Phi) is 3.44. The Morgan fingerprint density at radius 1 is 0.846 bits per heavy atom. The third-order valence-electron chi connectivity index (χ3n) is 4.99. The monoisotopic (exact) mass is 352 g/mol. The van der Waals surface area contributed by atoms with Crippen LogP contribution in [0.2, 0.25) is 0 Å². The number of fused-ring (bicyclic) bond motifs is 1. The molecule has 0 saturated carbocycles. The first-order chi connectivity index (χ1) is 12.3. The van der Waals surface area contributed by atoms with Gasteiger partial charge in [-0.3, -0.25) is 9.13 Å². The van der Waals surface area contributed by atoms with Gasteiger partial charge in [0.25, 0.3) is 0 Å². The Bertz CT molecular complexity index is 1180. The number of hydrogen-bond acceptors (Lipinski definition) is 5. The summed E-state index contributed by atoms with van der Waals surface area (Å²) >= 11 is 0. The maximum Gasteiger partial charge on any atom is 0.328 e. The quantitative estimate of drug-likeness (QED) is 0.552. The molecule has 134 valence electrons. The Balaban J connectivity index is 2.19. The van der Waals surface area contributed by atoms with Gasteiger partial charge in [-0.2, -0.15) is 0 Å². The van der Waals surface area contributed by atoms with Crippen LogP contribution in [-0.2, 0) is 14.1 Å². The van der Waals surface area contributed by atoms with E-state index in [-0.39, 0.29) is 5.69 Å². The summed E-state index contributed by atoms with van der Waals surface area (Å²) in [6.07, 6.45) is 0. The van der Waals surface area contributed by atoms with Gasteiger partial charge in [-0.25, -0.2) is 4.79 Å². The molecule has 0 N–H and O–H groups in total. The summed E-state index contributed by atoms with van der Waals surface area (Å²) < 4.78 is 14.0. The molecule has 26 heavy (non-hydrogen) atoms. The van der Waals surface area contributed by atoms with Crippen LogP contribution in [0.25, 0.3) is 33.3 Å². The molecular formula is C19H20N4O3. The molecule has 7 heteroatoms. The molecule has 0 radical (unpaired) electrons. The molecule has 4 aromatic rings. The van der Waals surface area contributed by atoms with Crippen molar-refractivity contribution >= 4 is 11.0 Å².